The third-order valence-corrected chi connectivity index (χ3v) is 6.25. The van der Waals surface area contributed by atoms with Crippen LogP contribution < -0.4 is 0 Å². The number of carbonyl (C=O) groups excluding carboxylic acids is 1. The van der Waals surface area contributed by atoms with Gasteiger partial charge in [-0.25, -0.2) is 0 Å². The highest BCUT2D eigenvalue weighted by atomic mass is 16.5. The molecule has 7 nitrogen and oxygen atoms in total. The Labute approximate surface area is 199 Å². The predicted octanol–water partition coefficient (Wildman–Crippen LogP) is 3.99. The second kappa shape index (κ2) is 9.97. The Kier molecular flexibility index (Phi) is 6.44. The number of nitrogens with zero attached hydrogens (tertiary/aromatic N) is 5. The van der Waals surface area contributed by atoms with Gasteiger partial charge < -0.3 is 9.42 Å². The molecule has 4 aromatic rings. The summed E-state index contributed by atoms with van der Waals surface area (Å²) < 4.78 is 5.43. The highest BCUT2D eigenvalue weighted by molar-refractivity contribution is 5.79. The number of rotatable bonds is 6. The van der Waals surface area contributed by atoms with Crippen LogP contribution in [0.3, 0.4) is 0 Å². The molecular formula is C27H27N5O2. The van der Waals surface area contributed by atoms with Crippen molar-refractivity contribution < 1.29 is 9.32 Å². The first kappa shape index (κ1) is 22.0. The molecule has 0 spiro atoms. The number of carbonyl (C=O) groups is 1. The number of amides is 1. The van der Waals surface area contributed by atoms with E-state index in [1.807, 2.05) is 47.4 Å². The van der Waals surface area contributed by atoms with Crippen LogP contribution in [0.15, 0.2) is 77.6 Å². The summed E-state index contributed by atoms with van der Waals surface area (Å²) in [5.41, 5.74) is 5.18. The second-order valence-electron chi connectivity index (χ2n) is 8.63. The molecule has 1 aliphatic rings. The van der Waals surface area contributed by atoms with Crippen LogP contribution in [0, 0.1) is 6.92 Å². The number of piperazine rings is 1. The Morgan fingerprint density at radius 2 is 1.79 bits per heavy atom. The molecule has 3 heterocycles. The summed E-state index contributed by atoms with van der Waals surface area (Å²) in [6.45, 7) is 6.10. The van der Waals surface area contributed by atoms with Crippen molar-refractivity contribution in [3.05, 3.63) is 89.7 Å². The summed E-state index contributed by atoms with van der Waals surface area (Å²) in [6.07, 6.45) is 3.89. The summed E-state index contributed by atoms with van der Waals surface area (Å²) >= 11 is 0. The zero-order chi connectivity index (χ0) is 23.3. The lowest BCUT2D eigenvalue weighted by atomic mass is 10.1. The molecule has 7 heteroatoms. The van der Waals surface area contributed by atoms with Gasteiger partial charge in [-0.1, -0.05) is 47.6 Å². The van der Waals surface area contributed by atoms with E-state index in [9.17, 15) is 4.79 Å². The normalized spacial score (nSPS) is 14.3. The van der Waals surface area contributed by atoms with Gasteiger partial charge in [0.05, 0.1) is 12.0 Å². The summed E-state index contributed by atoms with van der Waals surface area (Å²) in [5.74, 6) is 1.23. The van der Waals surface area contributed by atoms with Gasteiger partial charge in [0.2, 0.25) is 11.7 Å². The zero-order valence-corrected chi connectivity index (χ0v) is 19.2. The Morgan fingerprint density at radius 3 is 2.59 bits per heavy atom. The third kappa shape index (κ3) is 5.05. The van der Waals surface area contributed by atoms with Gasteiger partial charge in [-0.3, -0.25) is 14.7 Å². The Morgan fingerprint density at radius 1 is 0.971 bits per heavy atom. The molecule has 1 amide bonds. The maximum absolute atomic E-state index is 12.8. The molecule has 0 bridgehead atoms. The van der Waals surface area contributed by atoms with Crippen molar-refractivity contribution in [2.75, 3.05) is 26.2 Å². The topological polar surface area (TPSA) is 75.4 Å². The van der Waals surface area contributed by atoms with Gasteiger partial charge in [-0.05, 0) is 41.8 Å². The van der Waals surface area contributed by atoms with Crippen LogP contribution in [0.1, 0.15) is 16.7 Å². The molecular weight excluding hydrogens is 426 g/mol. The van der Waals surface area contributed by atoms with Crippen molar-refractivity contribution in [3.63, 3.8) is 0 Å². The zero-order valence-electron chi connectivity index (χ0n) is 19.2. The number of benzene rings is 2. The fourth-order valence-corrected chi connectivity index (χ4v) is 4.25. The second-order valence-corrected chi connectivity index (χ2v) is 8.63. The molecule has 172 valence electrons. The van der Waals surface area contributed by atoms with E-state index in [-0.39, 0.29) is 5.91 Å². The van der Waals surface area contributed by atoms with Crippen LogP contribution in [-0.2, 0) is 17.8 Å². The highest BCUT2D eigenvalue weighted by Crippen LogP contribution is 2.23. The van der Waals surface area contributed by atoms with Crippen molar-refractivity contribution in [3.8, 4) is 22.8 Å². The van der Waals surface area contributed by atoms with E-state index < -0.39 is 0 Å². The minimum Gasteiger partial charge on any atom is -0.340 e. The lowest BCUT2D eigenvalue weighted by molar-refractivity contribution is -0.132. The van der Waals surface area contributed by atoms with E-state index in [1.54, 1.807) is 12.4 Å². The number of hydrogen-bond donors (Lipinski definition) is 0. The molecule has 5 rings (SSSR count). The average molecular weight is 454 g/mol. The molecule has 1 aliphatic heterocycles. The average Bonchev–Trinajstić information content (AvgIpc) is 3.37. The smallest absolute Gasteiger partial charge is 0.259 e. The van der Waals surface area contributed by atoms with Crippen LogP contribution >= 0.6 is 0 Å². The Balaban J connectivity index is 1.18. The van der Waals surface area contributed by atoms with Crippen molar-refractivity contribution >= 4 is 5.91 Å². The van der Waals surface area contributed by atoms with Gasteiger partial charge in [0.25, 0.3) is 5.89 Å². The lowest BCUT2D eigenvalue weighted by Crippen LogP contribution is -2.48. The Bertz CT molecular complexity index is 1260. The molecule has 1 fully saturated rings. The Hall–Kier alpha value is -3.84. The first-order valence-corrected chi connectivity index (χ1v) is 11.5. The van der Waals surface area contributed by atoms with E-state index in [0.29, 0.717) is 18.1 Å². The maximum atomic E-state index is 12.8. The SMILES string of the molecule is Cc1ccccc1CC(=O)N1CCN(Cc2cccc(-c3noc(-c4cccnc4)n3)c2)CC1. The van der Waals surface area contributed by atoms with E-state index in [1.165, 1.54) is 11.1 Å². The lowest BCUT2D eigenvalue weighted by Gasteiger charge is -2.35. The molecule has 2 aromatic heterocycles. The third-order valence-electron chi connectivity index (χ3n) is 6.25. The summed E-state index contributed by atoms with van der Waals surface area (Å²) in [6, 6.07) is 20.1. The molecule has 0 atom stereocenters. The van der Waals surface area contributed by atoms with E-state index >= 15 is 0 Å². The van der Waals surface area contributed by atoms with E-state index in [2.05, 4.69) is 45.1 Å². The van der Waals surface area contributed by atoms with Gasteiger partial charge in [-0.15, -0.1) is 0 Å². The minimum absolute atomic E-state index is 0.206. The summed E-state index contributed by atoms with van der Waals surface area (Å²) in [7, 11) is 0. The number of aryl methyl sites for hydroxylation is 1. The number of aromatic nitrogens is 3. The molecule has 0 N–H and O–H groups in total. The monoisotopic (exact) mass is 453 g/mol. The van der Waals surface area contributed by atoms with Crippen LogP contribution in [0.4, 0.5) is 0 Å². The number of hydrogen-bond acceptors (Lipinski definition) is 6. The fraction of sp³-hybridized carbons (Fsp3) is 0.259. The van der Waals surface area contributed by atoms with E-state index in [4.69, 9.17) is 4.52 Å². The molecule has 34 heavy (non-hydrogen) atoms. The van der Waals surface area contributed by atoms with Gasteiger partial charge in [0.1, 0.15) is 0 Å². The van der Waals surface area contributed by atoms with Crippen LogP contribution in [0.5, 0.6) is 0 Å². The molecule has 2 aromatic carbocycles. The van der Waals surface area contributed by atoms with E-state index in [0.717, 1.165) is 49.4 Å². The quantitative estimate of drug-likeness (QED) is 0.439. The van der Waals surface area contributed by atoms with Crippen LogP contribution in [0.2, 0.25) is 0 Å². The molecule has 0 saturated carbocycles. The van der Waals surface area contributed by atoms with Crippen molar-refractivity contribution in [1.29, 1.82) is 0 Å². The van der Waals surface area contributed by atoms with Crippen molar-refractivity contribution in [2.24, 2.45) is 0 Å². The van der Waals surface area contributed by atoms with Gasteiger partial charge in [0, 0.05) is 50.7 Å². The maximum Gasteiger partial charge on any atom is 0.259 e. The minimum atomic E-state index is 0.206. The van der Waals surface area contributed by atoms with Gasteiger partial charge in [0.15, 0.2) is 0 Å². The number of pyridine rings is 1. The van der Waals surface area contributed by atoms with Crippen LogP contribution in [-0.4, -0.2) is 57.0 Å². The van der Waals surface area contributed by atoms with Crippen molar-refractivity contribution in [1.82, 2.24) is 24.9 Å². The first-order chi connectivity index (χ1) is 16.7. The van der Waals surface area contributed by atoms with Gasteiger partial charge in [-0.2, -0.15) is 4.98 Å². The molecule has 1 saturated heterocycles. The largest absolute Gasteiger partial charge is 0.340 e. The molecule has 0 aliphatic carbocycles. The van der Waals surface area contributed by atoms with Crippen LogP contribution in [0.25, 0.3) is 22.8 Å². The standard InChI is InChI=1S/C27H27N5O2/c1-20-6-2-3-8-22(20)17-25(33)32-14-12-31(13-15-32)19-21-7-4-9-23(16-21)26-29-27(34-30-26)24-10-5-11-28-18-24/h2-11,16,18H,12-15,17,19H2,1H3. The predicted molar refractivity (Wildman–Crippen MR) is 130 cm³/mol. The van der Waals surface area contributed by atoms with Gasteiger partial charge >= 0.3 is 0 Å². The first-order valence-electron chi connectivity index (χ1n) is 11.5. The summed E-state index contributed by atoms with van der Waals surface area (Å²) in [4.78, 5) is 25.8. The molecule has 0 unspecified atom stereocenters. The fourth-order valence-electron chi connectivity index (χ4n) is 4.25. The molecule has 0 radical (unpaired) electrons. The highest BCUT2D eigenvalue weighted by Gasteiger charge is 2.22. The summed E-state index contributed by atoms with van der Waals surface area (Å²) in [5, 5.41) is 4.15. The van der Waals surface area contributed by atoms with Crippen molar-refractivity contribution in [2.45, 2.75) is 19.9 Å².